The average molecular weight is 283 g/mol. The molecule has 8 heteroatoms. The number of sulfonamides is 1. The third kappa shape index (κ3) is 3.52. The Balaban J connectivity index is 1.85. The molecule has 0 amide bonds. The van der Waals surface area contributed by atoms with Crippen LogP contribution in [0.4, 0.5) is 0 Å². The zero-order valence-corrected chi connectivity index (χ0v) is 10.8. The number of hydrogen-bond donors (Lipinski definition) is 1. The molecule has 19 heavy (non-hydrogen) atoms. The molecule has 2 aromatic rings. The van der Waals surface area contributed by atoms with Crippen LogP contribution in [0.1, 0.15) is 17.0 Å². The summed E-state index contributed by atoms with van der Waals surface area (Å²) >= 11 is 0. The molecule has 0 saturated heterocycles. The molecule has 7 nitrogen and oxygen atoms in total. The van der Waals surface area contributed by atoms with Gasteiger partial charge < -0.3 is 8.98 Å². The molecule has 0 bridgehead atoms. The summed E-state index contributed by atoms with van der Waals surface area (Å²) in [4.78, 5) is 14.3. The van der Waals surface area contributed by atoms with Crippen LogP contribution in [0.5, 0.6) is 0 Å². The van der Waals surface area contributed by atoms with Crippen LogP contribution in [-0.4, -0.2) is 30.8 Å². The highest BCUT2D eigenvalue weighted by Gasteiger charge is 2.17. The lowest BCUT2D eigenvalue weighted by molar-refractivity contribution is 0.109. The zero-order valence-electron chi connectivity index (χ0n) is 10.0. The number of imidazole rings is 1. The van der Waals surface area contributed by atoms with E-state index in [0.717, 1.165) is 0 Å². The van der Waals surface area contributed by atoms with E-state index in [0.29, 0.717) is 19.3 Å². The Bertz CT molecular complexity index is 631. The highest BCUT2D eigenvalue weighted by atomic mass is 32.2. The summed E-state index contributed by atoms with van der Waals surface area (Å²) in [5, 5.41) is -0.253. The number of rotatable bonds is 7. The van der Waals surface area contributed by atoms with Gasteiger partial charge in [0.25, 0.3) is 10.0 Å². The molecule has 0 fully saturated rings. The molecule has 1 N–H and O–H groups in total. The van der Waals surface area contributed by atoms with Crippen molar-refractivity contribution in [1.82, 2.24) is 14.3 Å². The van der Waals surface area contributed by atoms with Crippen LogP contribution in [0, 0.1) is 0 Å². The first-order chi connectivity index (χ1) is 9.12. The molecular weight excluding hydrogens is 270 g/mol. The molecular formula is C11H13N3O4S. The van der Waals surface area contributed by atoms with Crippen molar-refractivity contribution in [1.29, 1.82) is 0 Å². The van der Waals surface area contributed by atoms with Crippen LogP contribution in [0.3, 0.4) is 0 Å². The lowest BCUT2D eigenvalue weighted by atomic mass is 10.4. The van der Waals surface area contributed by atoms with Gasteiger partial charge in [-0.2, -0.15) is 0 Å². The largest absolute Gasteiger partial charge is 0.440 e. The second-order valence-corrected chi connectivity index (χ2v) is 5.52. The number of carbonyl (C=O) groups excluding carboxylic acids is 1. The van der Waals surface area contributed by atoms with Gasteiger partial charge in [-0.15, -0.1) is 0 Å². The average Bonchev–Trinajstić information content (AvgIpc) is 3.05. The molecule has 0 aliphatic rings. The predicted molar refractivity (Wildman–Crippen MR) is 66.1 cm³/mol. The zero-order chi connectivity index (χ0) is 13.7. The third-order valence-corrected chi connectivity index (χ3v) is 3.76. The maximum atomic E-state index is 11.8. The van der Waals surface area contributed by atoms with Crippen molar-refractivity contribution in [2.45, 2.75) is 18.1 Å². The number of furan rings is 1. The fourth-order valence-electron chi connectivity index (χ4n) is 1.50. The molecule has 0 spiro atoms. The minimum atomic E-state index is -3.69. The number of aldehydes is 1. The molecule has 102 valence electrons. The number of nitrogens with one attached hydrogen (secondary N) is 1. The molecule has 0 aliphatic heterocycles. The summed E-state index contributed by atoms with van der Waals surface area (Å²) in [5.74, 6) is -0.0150. The van der Waals surface area contributed by atoms with Gasteiger partial charge in [0.2, 0.25) is 5.09 Å². The first-order valence-electron chi connectivity index (χ1n) is 5.62. The first kappa shape index (κ1) is 13.5. The van der Waals surface area contributed by atoms with Crippen LogP contribution >= 0.6 is 0 Å². The summed E-state index contributed by atoms with van der Waals surface area (Å²) in [6.45, 7) is 0.942. The fourth-order valence-corrected chi connectivity index (χ4v) is 2.51. The summed E-state index contributed by atoms with van der Waals surface area (Å²) in [7, 11) is -3.69. The number of carbonyl (C=O) groups is 1. The van der Waals surface area contributed by atoms with Crippen molar-refractivity contribution in [2.75, 3.05) is 6.54 Å². The Hall–Kier alpha value is -1.93. The number of aromatic nitrogens is 2. The molecule has 0 aromatic carbocycles. The third-order valence-electron chi connectivity index (χ3n) is 2.43. The van der Waals surface area contributed by atoms with Crippen molar-refractivity contribution >= 4 is 16.3 Å². The maximum absolute atomic E-state index is 11.8. The van der Waals surface area contributed by atoms with Gasteiger partial charge in [0.05, 0.1) is 6.33 Å². The quantitative estimate of drug-likeness (QED) is 0.595. The number of hydrogen-bond acceptors (Lipinski definition) is 5. The maximum Gasteiger partial charge on any atom is 0.273 e. The molecule has 0 aliphatic carbocycles. The van der Waals surface area contributed by atoms with E-state index in [2.05, 4.69) is 9.71 Å². The van der Waals surface area contributed by atoms with Gasteiger partial charge >= 0.3 is 0 Å². The van der Waals surface area contributed by atoms with Gasteiger partial charge in [0, 0.05) is 25.5 Å². The second kappa shape index (κ2) is 5.81. The van der Waals surface area contributed by atoms with Crippen molar-refractivity contribution < 1.29 is 17.6 Å². The van der Waals surface area contributed by atoms with E-state index in [1.807, 2.05) is 4.57 Å². The van der Waals surface area contributed by atoms with E-state index in [1.54, 1.807) is 18.7 Å². The normalized spacial score (nSPS) is 11.6. The van der Waals surface area contributed by atoms with Crippen LogP contribution in [0.25, 0.3) is 0 Å². The molecule has 2 rings (SSSR count). The van der Waals surface area contributed by atoms with Gasteiger partial charge in [0.1, 0.15) is 0 Å². The van der Waals surface area contributed by atoms with E-state index in [4.69, 9.17) is 4.42 Å². The molecule has 2 heterocycles. The molecule has 2 aromatic heterocycles. The Morgan fingerprint density at radius 3 is 2.89 bits per heavy atom. The standard InChI is InChI=1S/C11H13N3O4S/c15-8-10-2-3-11(18-10)19(16,17)13-4-1-6-14-7-5-12-9-14/h2-3,5,7-9,13H,1,4,6H2. The SMILES string of the molecule is O=Cc1ccc(S(=O)(=O)NCCCn2ccnc2)o1. The number of aryl methyl sites for hydroxylation is 1. The molecule has 0 unspecified atom stereocenters. The van der Waals surface area contributed by atoms with Crippen LogP contribution < -0.4 is 4.72 Å². The molecule has 0 atom stereocenters. The summed E-state index contributed by atoms with van der Waals surface area (Å²) in [6, 6.07) is 2.56. The second-order valence-electron chi connectivity index (χ2n) is 3.83. The van der Waals surface area contributed by atoms with Crippen molar-refractivity contribution in [3.05, 3.63) is 36.6 Å². The number of nitrogens with zero attached hydrogens (tertiary/aromatic N) is 2. The van der Waals surface area contributed by atoms with E-state index < -0.39 is 10.0 Å². The fraction of sp³-hybridized carbons (Fsp3) is 0.273. The van der Waals surface area contributed by atoms with E-state index in [9.17, 15) is 13.2 Å². The van der Waals surface area contributed by atoms with E-state index in [1.165, 1.54) is 12.1 Å². The van der Waals surface area contributed by atoms with E-state index in [-0.39, 0.29) is 17.4 Å². The molecule has 0 radical (unpaired) electrons. The van der Waals surface area contributed by atoms with E-state index >= 15 is 0 Å². The highest BCUT2D eigenvalue weighted by molar-refractivity contribution is 7.89. The van der Waals surface area contributed by atoms with Crippen LogP contribution in [0.2, 0.25) is 0 Å². The lowest BCUT2D eigenvalue weighted by Gasteiger charge is -2.04. The minimum absolute atomic E-state index is 0.0150. The van der Waals surface area contributed by atoms with Gasteiger partial charge in [-0.25, -0.2) is 18.1 Å². The minimum Gasteiger partial charge on any atom is -0.440 e. The summed E-state index contributed by atoms with van der Waals surface area (Å²) in [5.41, 5.74) is 0. The van der Waals surface area contributed by atoms with Crippen molar-refractivity contribution in [2.24, 2.45) is 0 Å². The Kier molecular flexibility index (Phi) is 4.13. The van der Waals surface area contributed by atoms with Crippen LogP contribution in [-0.2, 0) is 16.6 Å². The monoisotopic (exact) mass is 283 g/mol. The Morgan fingerprint density at radius 1 is 1.42 bits per heavy atom. The van der Waals surface area contributed by atoms with Crippen LogP contribution in [0.15, 0.2) is 40.4 Å². The summed E-state index contributed by atoms with van der Waals surface area (Å²) < 4.78 is 32.7. The van der Waals surface area contributed by atoms with Gasteiger partial charge in [0.15, 0.2) is 12.0 Å². The smallest absolute Gasteiger partial charge is 0.273 e. The molecule has 0 saturated carbocycles. The lowest BCUT2D eigenvalue weighted by Crippen LogP contribution is -2.25. The summed E-state index contributed by atoms with van der Waals surface area (Å²) in [6.07, 6.45) is 6.21. The van der Waals surface area contributed by atoms with Crippen molar-refractivity contribution in [3.8, 4) is 0 Å². The Labute approximate surface area is 110 Å². The van der Waals surface area contributed by atoms with Crippen molar-refractivity contribution in [3.63, 3.8) is 0 Å². The van der Waals surface area contributed by atoms with Gasteiger partial charge in [-0.1, -0.05) is 0 Å². The topological polar surface area (TPSA) is 94.2 Å². The predicted octanol–water partition coefficient (Wildman–Crippen LogP) is 0.657. The first-order valence-corrected chi connectivity index (χ1v) is 7.10. The Morgan fingerprint density at radius 2 is 2.26 bits per heavy atom. The van der Waals surface area contributed by atoms with Gasteiger partial charge in [-0.3, -0.25) is 4.79 Å². The van der Waals surface area contributed by atoms with Gasteiger partial charge in [-0.05, 0) is 18.6 Å². The highest BCUT2D eigenvalue weighted by Crippen LogP contribution is 2.12.